The molecule has 9 heteroatoms. The molecule has 1 fully saturated rings. The number of piperazine rings is 1. The number of nitrogens with zero attached hydrogens (tertiary/aromatic N) is 3. The van der Waals surface area contributed by atoms with E-state index < -0.39 is 5.82 Å². The van der Waals surface area contributed by atoms with Crippen LogP contribution in [0.2, 0.25) is 0 Å². The van der Waals surface area contributed by atoms with Crippen molar-refractivity contribution in [2.24, 2.45) is 0 Å². The Balaban J connectivity index is 1.77. The normalized spacial score (nSPS) is 15.1. The highest BCUT2D eigenvalue weighted by Crippen LogP contribution is 2.18. The predicted molar refractivity (Wildman–Crippen MR) is 112 cm³/mol. The third-order valence-electron chi connectivity index (χ3n) is 5.14. The fraction of sp³-hybridized carbons (Fsp3) is 0.619. The quantitative estimate of drug-likeness (QED) is 0.524. The Morgan fingerprint density at radius 2 is 1.80 bits per heavy atom. The van der Waals surface area contributed by atoms with E-state index in [2.05, 4.69) is 15.1 Å². The maximum Gasteiger partial charge on any atom is 0.237 e. The molecule has 2 amide bonds. The van der Waals surface area contributed by atoms with Crippen LogP contribution in [0.4, 0.5) is 4.39 Å². The van der Waals surface area contributed by atoms with Gasteiger partial charge in [0.2, 0.25) is 11.8 Å². The van der Waals surface area contributed by atoms with Crippen LogP contribution in [0.15, 0.2) is 18.2 Å². The van der Waals surface area contributed by atoms with E-state index in [-0.39, 0.29) is 17.6 Å². The summed E-state index contributed by atoms with van der Waals surface area (Å²) in [6, 6.07) is 4.76. The van der Waals surface area contributed by atoms with Crippen molar-refractivity contribution in [1.82, 2.24) is 20.0 Å². The standard InChI is InChI=1S/C21H33FN4O4/c1-4-26(14-17-5-6-19(30-3)18(22)13-17)21(28)16-25-10-8-24(9-11-25)15-20(27)23-7-12-29-2/h5-6,13H,4,7-12,14-16H2,1-3H3,(H,23,27). The molecule has 168 valence electrons. The Kier molecular flexibility index (Phi) is 9.99. The first-order valence-corrected chi connectivity index (χ1v) is 10.3. The van der Waals surface area contributed by atoms with Crippen molar-refractivity contribution in [1.29, 1.82) is 0 Å². The van der Waals surface area contributed by atoms with Gasteiger partial charge in [0.05, 0.1) is 26.8 Å². The number of methoxy groups -OCH3 is 2. The second-order valence-electron chi connectivity index (χ2n) is 7.27. The summed E-state index contributed by atoms with van der Waals surface area (Å²) in [5.74, 6) is -0.237. The lowest BCUT2D eigenvalue weighted by atomic mass is 10.2. The summed E-state index contributed by atoms with van der Waals surface area (Å²) in [5, 5.41) is 2.82. The number of likely N-dealkylation sites (N-methyl/N-ethyl adjacent to an activating group) is 1. The number of carbonyl (C=O) groups excluding carboxylic acids is 2. The molecule has 1 saturated heterocycles. The smallest absolute Gasteiger partial charge is 0.237 e. The average Bonchev–Trinajstić information content (AvgIpc) is 2.73. The lowest BCUT2D eigenvalue weighted by Gasteiger charge is -2.35. The molecule has 1 aliphatic heterocycles. The van der Waals surface area contributed by atoms with Gasteiger partial charge in [0.1, 0.15) is 0 Å². The third kappa shape index (κ3) is 7.55. The first kappa shape index (κ1) is 24.0. The number of nitrogens with one attached hydrogen (secondary N) is 1. The molecule has 1 N–H and O–H groups in total. The second-order valence-corrected chi connectivity index (χ2v) is 7.27. The maximum atomic E-state index is 13.9. The number of hydrogen-bond donors (Lipinski definition) is 1. The molecule has 0 aromatic heterocycles. The van der Waals surface area contributed by atoms with Crippen molar-refractivity contribution >= 4 is 11.8 Å². The Hall–Kier alpha value is -2.23. The van der Waals surface area contributed by atoms with E-state index in [0.717, 1.165) is 31.7 Å². The minimum Gasteiger partial charge on any atom is -0.494 e. The monoisotopic (exact) mass is 424 g/mol. The van der Waals surface area contributed by atoms with Gasteiger partial charge in [-0.15, -0.1) is 0 Å². The molecule has 8 nitrogen and oxygen atoms in total. The van der Waals surface area contributed by atoms with Crippen molar-refractivity contribution < 1.29 is 23.5 Å². The SMILES string of the molecule is CCN(Cc1ccc(OC)c(F)c1)C(=O)CN1CCN(CC(=O)NCCOC)CC1. The second kappa shape index (κ2) is 12.5. The largest absolute Gasteiger partial charge is 0.494 e. The summed E-state index contributed by atoms with van der Waals surface area (Å²) >= 11 is 0. The number of amides is 2. The van der Waals surface area contributed by atoms with Crippen molar-refractivity contribution in [2.75, 3.05) is 73.2 Å². The fourth-order valence-electron chi connectivity index (χ4n) is 3.35. The fourth-order valence-corrected chi connectivity index (χ4v) is 3.35. The van der Waals surface area contributed by atoms with Gasteiger partial charge in [0.25, 0.3) is 0 Å². The van der Waals surface area contributed by atoms with Gasteiger partial charge in [-0.25, -0.2) is 4.39 Å². The van der Waals surface area contributed by atoms with E-state index in [1.807, 2.05) is 6.92 Å². The predicted octanol–water partition coefficient (Wildman–Crippen LogP) is 0.563. The van der Waals surface area contributed by atoms with Crippen LogP contribution in [-0.2, 0) is 20.9 Å². The van der Waals surface area contributed by atoms with Crippen molar-refractivity contribution in [3.63, 3.8) is 0 Å². The summed E-state index contributed by atoms with van der Waals surface area (Å²) in [6.07, 6.45) is 0. The molecule has 0 atom stereocenters. The van der Waals surface area contributed by atoms with E-state index >= 15 is 0 Å². The number of halogens is 1. The van der Waals surface area contributed by atoms with Gasteiger partial charge in [-0.2, -0.15) is 0 Å². The minimum absolute atomic E-state index is 0.0134. The summed E-state index contributed by atoms with van der Waals surface area (Å²) in [6.45, 7) is 7.44. The molecule has 0 aliphatic carbocycles. The number of rotatable bonds is 11. The van der Waals surface area contributed by atoms with Crippen LogP contribution < -0.4 is 10.1 Å². The summed E-state index contributed by atoms with van der Waals surface area (Å²) in [5.41, 5.74) is 0.729. The van der Waals surface area contributed by atoms with E-state index in [9.17, 15) is 14.0 Å². The lowest BCUT2D eigenvalue weighted by molar-refractivity contribution is -0.133. The maximum absolute atomic E-state index is 13.9. The molecular formula is C21H33FN4O4. The number of hydrogen-bond acceptors (Lipinski definition) is 6. The van der Waals surface area contributed by atoms with Crippen molar-refractivity contribution in [3.8, 4) is 5.75 Å². The van der Waals surface area contributed by atoms with Crippen LogP contribution in [0.5, 0.6) is 5.75 Å². The highest BCUT2D eigenvalue weighted by atomic mass is 19.1. The van der Waals surface area contributed by atoms with E-state index in [1.165, 1.54) is 13.2 Å². The van der Waals surface area contributed by atoms with Crippen LogP contribution >= 0.6 is 0 Å². The lowest BCUT2D eigenvalue weighted by Crippen LogP contribution is -2.52. The summed E-state index contributed by atoms with van der Waals surface area (Å²) < 4.78 is 23.8. The highest BCUT2D eigenvalue weighted by Gasteiger charge is 2.22. The molecule has 0 bridgehead atoms. The zero-order valence-electron chi connectivity index (χ0n) is 18.2. The minimum atomic E-state index is -0.430. The van der Waals surface area contributed by atoms with Crippen LogP contribution in [-0.4, -0.2) is 99.7 Å². The van der Waals surface area contributed by atoms with E-state index in [4.69, 9.17) is 9.47 Å². The number of benzene rings is 1. The van der Waals surface area contributed by atoms with Gasteiger partial charge < -0.3 is 19.7 Å². The molecule has 1 aliphatic rings. The molecule has 2 rings (SSSR count). The summed E-state index contributed by atoms with van der Waals surface area (Å²) in [7, 11) is 3.02. The van der Waals surface area contributed by atoms with Crippen molar-refractivity contribution in [2.45, 2.75) is 13.5 Å². The Labute approximate surface area is 177 Å². The molecule has 30 heavy (non-hydrogen) atoms. The van der Waals surface area contributed by atoms with Crippen LogP contribution in [0.1, 0.15) is 12.5 Å². The van der Waals surface area contributed by atoms with Gasteiger partial charge >= 0.3 is 0 Å². The molecule has 0 radical (unpaired) electrons. The van der Waals surface area contributed by atoms with Gasteiger partial charge in [-0.05, 0) is 24.6 Å². The first-order valence-electron chi connectivity index (χ1n) is 10.3. The third-order valence-corrected chi connectivity index (χ3v) is 5.14. The average molecular weight is 425 g/mol. The number of carbonyl (C=O) groups is 2. The zero-order chi connectivity index (χ0) is 21.9. The Bertz CT molecular complexity index is 696. The molecule has 0 saturated carbocycles. The zero-order valence-corrected chi connectivity index (χ0v) is 18.2. The van der Waals surface area contributed by atoms with Crippen LogP contribution in [0.3, 0.4) is 0 Å². The first-order chi connectivity index (χ1) is 14.5. The van der Waals surface area contributed by atoms with Gasteiger partial charge in [0.15, 0.2) is 11.6 Å². The Morgan fingerprint density at radius 1 is 1.13 bits per heavy atom. The highest BCUT2D eigenvalue weighted by molar-refractivity contribution is 5.78. The van der Waals surface area contributed by atoms with Gasteiger partial charge in [-0.3, -0.25) is 19.4 Å². The molecular weight excluding hydrogens is 391 g/mol. The molecule has 1 aromatic rings. The summed E-state index contributed by atoms with van der Waals surface area (Å²) in [4.78, 5) is 30.5. The number of ether oxygens (including phenoxy) is 2. The molecule has 0 spiro atoms. The molecule has 1 aromatic carbocycles. The van der Waals surface area contributed by atoms with Crippen LogP contribution in [0, 0.1) is 5.82 Å². The molecule has 1 heterocycles. The van der Waals surface area contributed by atoms with E-state index in [1.54, 1.807) is 24.1 Å². The van der Waals surface area contributed by atoms with Crippen molar-refractivity contribution in [3.05, 3.63) is 29.6 Å². The van der Waals surface area contributed by atoms with Crippen LogP contribution in [0.25, 0.3) is 0 Å². The van der Waals surface area contributed by atoms with Gasteiger partial charge in [0, 0.05) is 52.9 Å². The Morgan fingerprint density at radius 3 is 2.37 bits per heavy atom. The molecule has 0 unspecified atom stereocenters. The van der Waals surface area contributed by atoms with Gasteiger partial charge in [-0.1, -0.05) is 6.07 Å². The topological polar surface area (TPSA) is 74.4 Å². The van der Waals surface area contributed by atoms with E-state index in [0.29, 0.717) is 39.3 Å².